The van der Waals surface area contributed by atoms with Crippen molar-refractivity contribution in [2.45, 2.75) is 25.8 Å². The van der Waals surface area contributed by atoms with E-state index in [-0.39, 0.29) is 19.4 Å². The van der Waals surface area contributed by atoms with Gasteiger partial charge in [-0.2, -0.15) is 5.26 Å². The molecule has 6 heteroatoms. The van der Waals surface area contributed by atoms with E-state index in [0.717, 1.165) is 0 Å². The number of nitrogens with two attached hydrogens (primary N) is 1. The molecule has 0 aliphatic rings. The summed E-state index contributed by atoms with van der Waals surface area (Å²) in [6.45, 7) is 2.08. The van der Waals surface area contributed by atoms with Gasteiger partial charge in [0.2, 0.25) is 11.8 Å². The zero-order valence-corrected chi connectivity index (χ0v) is 8.66. The van der Waals surface area contributed by atoms with E-state index in [4.69, 9.17) is 15.7 Å². The molecular weight excluding hydrogens is 198 g/mol. The summed E-state index contributed by atoms with van der Waals surface area (Å²) in [5.41, 5.74) is 5.05. The second-order valence-corrected chi connectivity index (χ2v) is 2.86. The lowest BCUT2D eigenvalue weighted by molar-refractivity contribution is -0.130. The van der Waals surface area contributed by atoms with Crippen molar-refractivity contribution in [1.82, 2.24) is 5.32 Å². The summed E-state index contributed by atoms with van der Waals surface area (Å²) in [6.07, 6.45) is 0.395. The van der Waals surface area contributed by atoms with Crippen LogP contribution in [0.5, 0.6) is 0 Å². The molecule has 0 aliphatic carbocycles. The van der Waals surface area contributed by atoms with Gasteiger partial charge in [0, 0.05) is 13.0 Å². The smallest absolute Gasteiger partial charge is 0.246 e. The molecule has 1 atom stereocenters. The topological polar surface area (TPSA) is 105 Å². The molecule has 0 spiro atoms. The quantitative estimate of drug-likeness (QED) is 0.583. The third kappa shape index (κ3) is 6.46. The van der Waals surface area contributed by atoms with Gasteiger partial charge in [-0.3, -0.25) is 9.59 Å². The van der Waals surface area contributed by atoms with E-state index in [9.17, 15) is 9.59 Å². The number of hydrogen-bond donors (Lipinski definition) is 2. The first-order valence-electron chi connectivity index (χ1n) is 4.65. The van der Waals surface area contributed by atoms with Crippen LogP contribution in [0.3, 0.4) is 0 Å². The average Bonchev–Trinajstić information content (AvgIpc) is 2.20. The Bertz CT molecular complexity index is 260. The minimum absolute atomic E-state index is 0.104. The molecule has 6 nitrogen and oxygen atoms in total. The van der Waals surface area contributed by atoms with Crippen molar-refractivity contribution in [3.63, 3.8) is 0 Å². The summed E-state index contributed by atoms with van der Waals surface area (Å²) in [7, 11) is 0. The molecule has 0 saturated carbocycles. The SMILES string of the molecule is CCOCC(=O)N[C@H](CCC#N)C(N)=O. The molecule has 0 aliphatic heterocycles. The number of amides is 2. The van der Waals surface area contributed by atoms with Gasteiger partial charge in [-0.25, -0.2) is 0 Å². The third-order valence-electron chi connectivity index (χ3n) is 1.66. The van der Waals surface area contributed by atoms with Crippen LogP contribution in [0, 0.1) is 11.3 Å². The van der Waals surface area contributed by atoms with E-state index in [0.29, 0.717) is 6.61 Å². The van der Waals surface area contributed by atoms with Crippen LogP contribution in [0.15, 0.2) is 0 Å². The van der Waals surface area contributed by atoms with E-state index >= 15 is 0 Å². The van der Waals surface area contributed by atoms with Gasteiger partial charge in [-0.15, -0.1) is 0 Å². The Morgan fingerprint density at radius 2 is 2.27 bits per heavy atom. The van der Waals surface area contributed by atoms with Crippen LogP contribution in [0.4, 0.5) is 0 Å². The van der Waals surface area contributed by atoms with Crippen LogP contribution >= 0.6 is 0 Å². The zero-order valence-electron chi connectivity index (χ0n) is 8.66. The van der Waals surface area contributed by atoms with Crippen molar-refractivity contribution in [1.29, 1.82) is 5.26 Å². The molecule has 2 amide bonds. The lowest BCUT2D eigenvalue weighted by atomic mass is 10.1. The van der Waals surface area contributed by atoms with Crippen LogP contribution in [0.25, 0.3) is 0 Å². The summed E-state index contributed by atoms with van der Waals surface area (Å²) < 4.78 is 4.85. The van der Waals surface area contributed by atoms with Crippen LogP contribution < -0.4 is 11.1 Å². The van der Waals surface area contributed by atoms with Gasteiger partial charge in [-0.1, -0.05) is 0 Å². The van der Waals surface area contributed by atoms with Crippen molar-refractivity contribution in [3.05, 3.63) is 0 Å². The maximum atomic E-state index is 11.2. The van der Waals surface area contributed by atoms with E-state index in [2.05, 4.69) is 5.32 Å². The number of primary amides is 1. The summed E-state index contributed by atoms with van der Waals surface area (Å²) >= 11 is 0. The van der Waals surface area contributed by atoms with Crippen LogP contribution in [0.2, 0.25) is 0 Å². The monoisotopic (exact) mass is 213 g/mol. The minimum Gasteiger partial charge on any atom is -0.372 e. The second-order valence-electron chi connectivity index (χ2n) is 2.86. The molecule has 0 aromatic rings. The Hall–Kier alpha value is -1.61. The molecule has 0 bridgehead atoms. The van der Waals surface area contributed by atoms with Gasteiger partial charge < -0.3 is 15.8 Å². The molecule has 0 saturated heterocycles. The number of carbonyl (C=O) groups is 2. The van der Waals surface area contributed by atoms with Gasteiger partial charge >= 0.3 is 0 Å². The molecule has 0 fully saturated rings. The second kappa shape index (κ2) is 7.76. The average molecular weight is 213 g/mol. The number of nitrogens with zero attached hydrogens (tertiary/aromatic N) is 1. The lowest BCUT2D eigenvalue weighted by Crippen LogP contribution is -2.45. The fourth-order valence-electron chi connectivity index (χ4n) is 0.925. The molecule has 0 aromatic heterocycles. The largest absolute Gasteiger partial charge is 0.372 e. The van der Waals surface area contributed by atoms with Crippen LogP contribution in [-0.2, 0) is 14.3 Å². The van der Waals surface area contributed by atoms with Gasteiger partial charge in [0.25, 0.3) is 0 Å². The summed E-state index contributed by atoms with van der Waals surface area (Å²) in [4.78, 5) is 22.0. The number of hydrogen-bond acceptors (Lipinski definition) is 4. The van der Waals surface area contributed by atoms with Gasteiger partial charge in [0.15, 0.2) is 0 Å². The van der Waals surface area contributed by atoms with E-state index in [1.54, 1.807) is 6.92 Å². The molecule has 3 N–H and O–H groups in total. The number of ether oxygens (including phenoxy) is 1. The molecule has 84 valence electrons. The Balaban J connectivity index is 4.00. The number of carbonyl (C=O) groups excluding carboxylic acids is 2. The minimum atomic E-state index is -0.794. The van der Waals surface area contributed by atoms with Crippen molar-refractivity contribution >= 4 is 11.8 Å². The predicted octanol–water partition coefficient (Wildman–Crippen LogP) is -0.703. The highest BCUT2D eigenvalue weighted by Crippen LogP contribution is 1.95. The number of nitriles is 1. The third-order valence-corrected chi connectivity index (χ3v) is 1.66. The first kappa shape index (κ1) is 13.4. The van der Waals surface area contributed by atoms with Crippen molar-refractivity contribution in [3.8, 4) is 6.07 Å². The van der Waals surface area contributed by atoms with Crippen molar-refractivity contribution < 1.29 is 14.3 Å². The highest BCUT2D eigenvalue weighted by Gasteiger charge is 2.17. The molecule has 0 unspecified atom stereocenters. The number of rotatable bonds is 7. The fourth-order valence-corrected chi connectivity index (χ4v) is 0.925. The Morgan fingerprint density at radius 3 is 2.73 bits per heavy atom. The van der Waals surface area contributed by atoms with E-state index < -0.39 is 17.9 Å². The first-order valence-corrected chi connectivity index (χ1v) is 4.65. The molecule has 0 radical (unpaired) electrons. The van der Waals surface area contributed by atoms with E-state index in [1.165, 1.54) is 0 Å². The molecule has 0 rings (SSSR count). The maximum absolute atomic E-state index is 11.2. The molecule has 0 heterocycles. The lowest BCUT2D eigenvalue weighted by Gasteiger charge is -2.13. The summed E-state index contributed by atoms with van der Waals surface area (Å²) in [6, 6.07) is 1.09. The van der Waals surface area contributed by atoms with E-state index in [1.807, 2.05) is 6.07 Å². The highest BCUT2D eigenvalue weighted by atomic mass is 16.5. The number of nitrogens with one attached hydrogen (secondary N) is 1. The fraction of sp³-hybridized carbons (Fsp3) is 0.667. The van der Waals surface area contributed by atoms with Gasteiger partial charge in [0.1, 0.15) is 12.6 Å². The van der Waals surface area contributed by atoms with Crippen molar-refractivity contribution in [2.24, 2.45) is 5.73 Å². The van der Waals surface area contributed by atoms with Gasteiger partial charge in [-0.05, 0) is 13.3 Å². The van der Waals surface area contributed by atoms with Crippen LogP contribution in [0.1, 0.15) is 19.8 Å². The Labute approximate surface area is 88.4 Å². The van der Waals surface area contributed by atoms with Gasteiger partial charge in [0.05, 0.1) is 6.07 Å². The predicted molar refractivity (Wildman–Crippen MR) is 52.5 cm³/mol. The standard InChI is InChI=1S/C9H15N3O3/c1-2-15-6-8(13)12-7(9(11)14)4-3-5-10/h7H,2-4,6H2,1H3,(H2,11,14)(H,12,13)/t7-/m1/s1. The highest BCUT2D eigenvalue weighted by molar-refractivity contribution is 5.86. The summed E-state index contributed by atoms with van der Waals surface area (Å²) in [5.74, 6) is -1.05. The maximum Gasteiger partial charge on any atom is 0.246 e. The molecule has 15 heavy (non-hydrogen) atoms. The Kier molecular flexibility index (Phi) is 6.93. The van der Waals surface area contributed by atoms with Crippen molar-refractivity contribution in [2.75, 3.05) is 13.2 Å². The zero-order chi connectivity index (χ0) is 11.7. The first-order chi connectivity index (χ1) is 7.11. The Morgan fingerprint density at radius 1 is 1.60 bits per heavy atom. The normalized spacial score (nSPS) is 11.5. The van der Waals surface area contributed by atoms with Crippen LogP contribution in [-0.4, -0.2) is 31.1 Å². The summed E-state index contributed by atoms with van der Waals surface area (Å²) in [5, 5.41) is 10.7. The molecule has 0 aromatic carbocycles. The molecular formula is C9H15N3O3.